The lowest BCUT2D eigenvalue weighted by molar-refractivity contribution is 0.385. The summed E-state index contributed by atoms with van der Waals surface area (Å²) >= 11 is 0. The largest absolute Gasteiger partial charge is 0.508 e. The van der Waals surface area contributed by atoms with Gasteiger partial charge < -0.3 is 9.29 Å². The van der Waals surface area contributed by atoms with Crippen molar-refractivity contribution in [1.29, 1.82) is 0 Å². The van der Waals surface area contributed by atoms with Crippen LogP contribution in [0.4, 0.5) is 0 Å². The molecule has 2 N–H and O–H groups in total. The van der Waals surface area contributed by atoms with Crippen LogP contribution in [0.3, 0.4) is 0 Å². The summed E-state index contributed by atoms with van der Waals surface area (Å²) in [5.41, 5.74) is 0.414. The molecule has 0 aliphatic heterocycles. The summed E-state index contributed by atoms with van der Waals surface area (Å²) in [5.74, 6) is -0.0134. The highest BCUT2D eigenvalue weighted by atomic mass is 32.3. The van der Waals surface area contributed by atoms with Gasteiger partial charge in [0.15, 0.2) is 0 Å². The number of hydrogen-bond donors (Lipinski definition) is 2. The van der Waals surface area contributed by atoms with Gasteiger partial charge in [-0.2, -0.15) is 8.42 Å². The van der Waals surface area contributed by atoms with Gasteiger partial charge in [0.25, 0.3) is 0 Å². The van der Waals surface area contributed by atoms with E-state index >= 15 is 0 Å². The van der Waals surface area contributed by atoms with Gasteiger partial charge in [-0.1, -0.05) is 0 Å². The highest BCUT2D eigenvalue weighted by molar-refractivity contribution is 7.81. The molecule has 0 radical (unpaired) electrons. The molecule has 5 nitrogen and oxygen atoms in total. The van der Waals surface area contributed by atoms with Gasteiger partial charge in [-0.25, -0.2) is 0 Å². The van der Waals surface area contributed by atoms with E-state index in [1.807, 2.05) is 0 Å². The maximum Gasteiger partial charge on any atom is 0.446 e. The van der Waals surface area contributed by atoms with Crippen molar-refractivity contribution in [1.82, 2.24) is 0 Å². The van der Waals surface area contributed by atoms with E-state index < -0.39 is 10.4 Å². The third-order valence-corrected chi connectivity index (χ3v) is 1.74. The third-order valence-electron chi connectivity index (χ3n) is 1.35. The zero-order valence-corrected chi connectivity index (χ0v) is 7.58. The Morgan fingerprint density at radius 1 is 1.38 bits per heavy atom. The van der Waals surface area contributed by atoms with Crippen LogP contribution in [0.2, 0.25) is 0 Å². The van der Waals surface area contributed by atoms with Crippen LogP contribution in [-0.2, 0) is 10.4 Å². The van der Waals surface area contributed by atoms with Gasteiger partial charge in [0.05, 0.1) is 0 Å². The second-order valence-electron chi connectivity index (χ2n) is 2.46. The Kier molecular flexibility index (Phi) is 2.44. The first-order chi connectivity index (χ1) is 5.88. The van der Waals surface area contributed by atoms with Crippen LogP contribution in [0.5, 0.6) is 11.5 Å². The Balaban J connectivity index is 3.04. The minimum atomic E-state index is -4.49. The Hall–Kier alpha value is -1.27. The fourth-order valence-corrected chi connectivity index (χ4v) is 1.25. The summed E-state index contributed by atoms with van der Waals surface area (Å²) in [7, 11) is -4.49. The first-order valence-electron chi connectivity index (χ1n) is 3.35. The lowest BCUT2D eigenvalue weighted by Crippen LogP contribution is -2.07. The number of hydrogen-bond acceptors (Lipinski definition) is 4. The van der Waals surface area contributed by atoms with E-state index in [1.54, 1.807) is 6.92 Å². The summed E-state index contributed by atoms with van der Waals surface area (Å²) in [6, 6.07) is 3.83. The minimum Gasteiger partial charge on any atom is -0.508 e. The molecule has 0 unspecified atom stereocenters. The number of aromatic hydroxyl groups is 1. The normalized spacial score (nSPS) is 11.2. The lowest BCUT2D eigenvalue weighted by Gasteiger charge is -2.04. The monoisotopic (exact) mass is 204 g/mol. The first kappa shape index (κ1) is 9.82. The average Bonchev–Trinajstić information content (AvgIpc) is 1.93. The fraction of sp³-hybridized carbons (Fsp3) is 0.143. The lowest BCUT2D eigenvalue weighted by atomic mass is 10.2. The number of benzene rings is 1. The zero-order chi connectivity index (χ0) is 10.1. The number of rotatable bonds is 2. The molecule has 1 rings (SSSR count). The number of phenols is 1. The minimum absolute atomic E-state index is 0.000174. The van der Waals surface area contributed by atoms with Crippen molar-refractivity contribution >= 4 is 10.4 Å². The summed E-state index contributed by atoms with van der Waals surface area (Å²) in [6.07, 6.45) is 0. The van der Waals surface area contributed by atoms with Crippen molar-refractivity contribution in [2.75, 3.05) is 0 Å². The average molecular weight is 204 g/mol. The molecule has 1 aromatic carbocycles. The van der Waals surface area contributed by atoms with Crippen molar-refractivity contribution in [2.45, 2.75) is 6.92 Å². The molecule has 0 aromatic heterocycles. The highest BCUT2D eigenvalue weighted by Crippen LogP contribution is 2.23. The molecule has 0 atom stereocenters. The van der Waals surface area contributed by atoms with Crippen LogP contribution >= 0.6 is 0 Å². The smallest absolute Gasteiger partial charge is 0.446 e. The van der Waals surface area contributed by atoms with Gasteiger partial charge in [0.1, 0.15) is 11.5 Å². The van der Waals surface area contributed by atoms with E-state index in [2.05, 4.69) is 4.18 Å². The molecule has 0 bridgehead atoms. The van der Waals surface area contributed by atoms with Crippen molar-refractivity contribution in [3.05, 3.63) is 23.8 Å². The topological polar surface area (TPSA) is 83.8 Å². The van der Waals surface area contributed by atoms with Crippen molar-refractivity contribution in [2.24, 2.45) is 0 Å². The molecule has 0 fully saturated rings. The zero-order valence-electron chi connectivity index (χ0n) is 6.76. The highest BCUT2D eigenvalue weighted by Gasteiger charge is 2.09. The maximum absolute atomic E-state index is 10.3. The predicted octanol–water partition coefficient (Wildman–Crippen LogP) is 0.882. The molecule has 0 aliphatic rings. The fourth-order valence-electron chi connectivity index (χ4n) is 0.841. The van der Waals surface area contributed by atoms with Gasteiger partial charge in [0.2, 0.25) is 0 Å². The van der Waals surface area contributed by atoms with Crippen LogP contribution in [0.1, 0.15) is 5.56 Å². The van der Waals surface area contributed by atoms with Gasteiger partial charge >= 0.3 is 10.4 Å². The van der Waals surface area contributed by atoms with Gasteiger partial charge in [-0.3, -0.25) is 4.55 Å². The van der Waals surface area contributed by atoms with Crippen LogP contribution in [0.15, 0.2) is 18.2 Å². The molecule has 13 heavy (non-hydrogen) atoms. The molecule has 0 saturated heterocycles. The van der Waals surface area contributed by atoms with Crippen molar-refractivity contribution in [3.8, 4) is 11.5 Å². The van der Waals surface area contributed by atoms with E-state index in [0.29, 0.717) is 5.56 Å². The second kappa shape index (κ2) is 3.23. The molecule has 1 aromatic rings. The molecular weight excluding hydrogens is 196 g/mol. The standard InChI is InChI=1S/C7H8O5S/c1-5-4-6(8)2-3-7(5)12-13(9,10)11/h2-4,8H,1H3,(H,9,10,11). The van der Waals surface area contributed by atoms with E-state index in [-0.39, 0.29) is 11.5 Å². The van der Waals surface area contributed by atoms with Crippen LogP contribution in [0.25, 0.3) is 0 Å². The van der Waals surface area contributed by atoms with Gasteiger partial charge in [-0.15, -0.1) is 0 Å². The summed E-state index contributed by atoms with van der Waals surface area (Å²) in [4.78, 5) is 0. The summed E-state index contributed by atoms with van der Waals surface area (Å²) < 4.78 is 33.2. The van der Waals surface area contributed by atoms with E-state index in [0.717, 1.165) is 0 Å². The molecule has 0 spiro atoms. The number of aryl methyl sites for hydroxylation is 1. The molecule has 6 heteroatoms. The summed E-state index contributed by atoms with van der Waals surface area (Å²) in [6.45, 7) is 1.54. The van der Waals surface area contributed by atoms with Crippen LogP contribution in [-0.4, -0.2) is 18.1 Å². The van der Waals surface area contributed by atoms with Crippen molar-refractivity contribution < 1.29 is 22.3 Å². The Bertz CT molecular complexity index is 409. The SMILES string of the molecule is Cc1cc(O)ccc1OS(=O)(=O)O. The first-order valence-corrected chi connectivity index (χ1v) is 4.71. The predicted molar refractivity (Wildman–Crippen MR) is 45.0 cm³/mol. The van der Waals surface area contributed by atoms with Crippen LogP contribution < -0.4 is 4.18 Å². The Labute approximate surface area is 75.5 Å². The van der Waals surface area contributed by atoms with E-state index in [9.17, 15) is 8.42 Å². The van der Waals surface area contributed by atoms with Crippen LogP contribution in [0, 0.1) is 6.92 Å². The van der Waals surface area contributed by atoms with Crippen molar-refractivity contribution in [3.63, 3.8) is 0 Å². The van der Waals surface area contributed by atoms with E-state index in [4.69, 9.17) is 9.66 Å². The molecule has 0 saturated carbocycles. The molecular formula is C7H8O5S. The van der Waals surface area contributed by atoms with Gasteiger partial charge in [-0.05, 0) is 30.7 Å². The molecule has 72 valence electrons. The third kappa shape index (κ3) is 2.92. The molecule has 0 heterocycles. The quantitative estimate of drug-likeness (QED) is 0.698. The molecule has 0 amide bonds. The molecule has 0 aliphatic carbocycles. The van der Waals surface area contributed by atoms with Gasteiger partial charge in [0, 0.05) is 0 Å². The second-order valence-corrected chi connectivity index (χ2v) is 3.48. The van der Waals surface area contributed by atoms with E-state index in [1.165, 1.54) is 18.2 Å². The summed E-state index contributed by atoms with van der Waals surface area (Å²) in [5, 5.41) is 8.97. The Morgan fingerprint density at radius 2 is 2.00 bits per heavy atom. The Morgan fingerprint density at radius 3 is 2.46 bits per heavy atom. The number of phenolic OH excluding ortho intramolecular Hbond substituents is 1. The maximum atomic E-state index is 10.3.